The number of carbonyl (C=O) groups is 3. The zero-order valence-corrected chi connectivity index (χ0v) is 23.9. The second kappa shape index (κ2) is 11.8. The summed E-state index contributed by atoms with van der Waals surface area (Å²) in [5, 5.41) is 12.3. The third-order valence-corrected chi connectivity index (χ3v) is 10.7. The van der Waals surface area contributed by atoms with Crippen molar-refractivity contribution in [3.8, 4) is 0 Å². The second-order valence-corrected chi connectivity index (χ2v) is 12.5. The maximum atomic E-state index is 14.7. The van der Waals surface area contributed by atoms with Crippen LogP contribution in [0, 0.1) is 11.8 Å². The SMILES string of the molecule is C=CCCCOC(=O)[C@@H]1[C@H]2C(=O)N([C@@H](CC)CO)C(C(=O)N(CC=C)c3ccc4ccccc4c3)C23CC[C@H]1S3. The van der Waals surface area contributed by atoms with Crippen LogP contribution >= 0.6 is 11.8 Å². The number of allylic oxidation sites excluding steroid dienone is 1. The zero-order valence-electron chi connectivity index (χ0n) is 23.0. The number of hydrogen-bond acceptors (Lipinski definition) is 6. The molecule has 2 unspecified atom stereocenters. The number of benzene rings is 2. The molecule has 6 atom stereocenters. The van der Waals surface area contributed by atoms with Crippen molar-refractivity contribution in [3.05, 3.63) is 67.8 Å². The van der Waals surface area contributed by atoms with Gasteiger partial charge >= 0.3 is 5.97 Å². The molecule has 2 aromatic rings. The number of thioether (sulfide) groups is 1. The Bertz CT molecular complexity index is 1310. The molecule has 8 heteroatoms. The van der Waals surface area contributed by atoms with Crippen LogP contribution in [0.3, 0.4) is 0 Å². The smallest absolute Gasteiger partial charge is 0.310 e. The van der Waals surface area contributed by atoms with Crippen molar-refractivity contribution in [1.29, 1.82) is 0 Å². The summed E-state index contributed by atoms with van der Waals surface area (Å²) in [6, 6.07) is 12.5. The second-order valence-electron chi connectivity index (χ2n) is 10.9. The highest BCUT2D eigenvalue weighted by atomic mass is 32.2. The van der Waals surface area contributed by atoms with Crippen molar-refractivity contribution in [2.75, 3.05) is 24.7 Å². The summed E-state index contributed by atoms with van der Waals surface area (Å²) in [7, 11) is 0. The van der Waals surface area contributed by atoms with E-state index in [0.29, 0.717) is 19.3 Å². The van der Waals surface area contributed by atoms with E-state index in [1.165, 1.54) is 0 Å². The summed E-state index contributed by atoms with van der Waals surface area (Å²) in [6.07, 6.45) is 6.80. The van der Waals surface area contributed by atoms with E-state index in [1.54, 1.807) is 33.7 Å². The minimum Gasteiger partial charge on any atom is -0.465 e. The molecule has 212 valence electrons. The van der Waals surface area contributed by atoms with E-state index >= 15 is 0 Å². The number of aliphatic hydroxyl groups excluding tert-OH is 1. The number of amides is 2. The predicted octanol–water partition coefficient (Wildman–Crippen LogP) is 4.73. The van der Waals surface area contributed by atoms with Crippen molar-refractivity contribution in [2.45, 2.75) is 61.1 Å². The molecule has 2 aromatic carbocycles. The van der Waals surface area contributed by atoms with E-state index in [1.807, 2.05) is 49.4 Å². The zero-order chi connectivity index (χ0) is 28.4. The maximum Gasteiger partial charge on any atom is 0.310 e. The van der Waals surface area contributed by atoms with E-state index in [0.717, 1.165) is 29.3 Å². The number of nitrogens with zero attached hydrogens (tertiary/aromatic N) is 2. The van der Waals surface area contributed by atoms with Crippen LogP contribution in [0.1, 0.15) is 39.0 Å². The van der Waals surface area contributed by atoms with Crippen LogP contribution in [0.25, 0.3) is 10.8 Å². The minimum absolute atomic E-state index is 0.0685. The lowest BCUT2D eigenvalue weighted by molar-refractivity contribution is -0.154. The van der Waals surface area contributed by atoms with Crippen LogP contribution in [-0.4, -0.2) is 69.6 Å². The van der Waals surface area contributed by atoms with Crippen molar-refractivity contribution in [2.24, 2.45) is 11.8 Å². The topological polar surface area (TPSA) is 87.1 Å². The Morgan fingerprint density at radius 1 is 1.23 bits per heavy atom. The standard InChI is InChI=1S/C32H38N2O5S/c1-4-7-10-18-39-31(38)26-25-15-16-32(40-25)27(26)29(36)34(23(6-3)20-35)28(32)30(37)33(17-5-2)24-14-13-21-11-8-9-12-22(21)19-24/h4-5,8-9,11-14,19,23,25-28,35H,1-2,6-7,10,15-18,20H2,3H3/t23-,25+,26-,27-,28?,32?/m0/s1. The Balaban J connectivity index is 1.53. The molecule has 3 saturated heterocycles. The lowest BCUT2D eigenvalue weighted by Crippen LogP contribution is -2.57. The van der Waals surface area contributed by atoms with Gasteiger partial charge in [0.15, 0.2) is 0 Å². The monoisotopic (exact) mass is 562 g/mol. The van der Waals surface area contributed by atoms with Crippen molar-refractivity contribution in [3.63, 3.8) is 0 Å². The van der Waals surface area contributed by atoms with Crippen molar-refractivity contribution in [1.82, 2.24) is 4.90 Å². The van der Waals surface area contributed by atoms with E-state index in [4.69, 9.17) is 4.74 Å². The number of fused-ring (bicyclic) bond motifs is 2. The van der Waals surface area contributed by atoms with Gasteiger partial charge in [-0.15, -0.1) is 24.9 Å². The first kappa shape index (κ1) is 28.4. The van der Waals surface area contributed by atoms with E-state index in [9.17, 15) is 19.5 Å². The van der Waals surface area contributed by atoms with Crippen LogP contribution in [-0.2, 0) is 19.1 Å². The molecule has 3 heterocycles. The lowest BCUT2D eigenvalue weighted by atomic mass is 9.71. The molecule has 3 aliphatic heterocycles. The highest BCUT2D eigenvalue weighted by Crippen LogP contribution is 2.67. The van der Waals surface area contributed by atoms with Gasteiger partial charge in [-0.25, -0.2) is 0 Å². The fourth-order valence-corrected chi connectivity index (χ4v) is 9.07. The minimum atomic E-state index is -0.804. The average molecular weight is 563 g/mol. The molecular formula is C32H38N2O5S. The number of carbonyl (C=O) groups excluding carboxylic acids is 3. The van der Waals surface area contributed by atoms with Gasteiger partial charge in [-0.1, -0.05) is 49.4 Å². The highest BCUT2D eigenvalue weighted by molar-refractivity contribution is 8.02. The summed E-state index contributed by atoms with van der Waals surface area (Å²) < 4.78 is 4.90. The fraction of sp³-hybridized carbons (Fsp3) is 0.469. The number of likely N-dealkylation sites (tertiary alicyclic amines) is 1. The number of rotatable bonds is 12. The fourth-order valence-electron chi connectivity index (χ4n) is 6.89. The molecular weight excluding hydrogens is 524 g/mol. The van der Waals surface area contributed by atoms with E-state index in [-0.39, 0.29) is 42.8 Å². The van der Waals surface area contributed by atoms with Gasteiger partial charge < -0.3 is 19.6 Å². The molecule has 0 aromatic heterocycles. The predicted molar refractivity (Wildman–Crippen MR) is 159 cm³/mol. The molecule has 0 saturated carbocycles. The Hall–Kier alpha value is -3.10. The molecule has 3 fully saturated rings. The molecule has 0 radical (unpaired) electrons. The molecule has 5 rings (SSSR count). The van der Waals surface area contributed by atoms with Gasteiger partial charge in [0, 0.05) is 17.5 Å². The molecule has 1 N–H and O–H groups in total. The third-order valence-electron chi connectivity index (χ3n) is 8.74. The van der Waals surface area contributed by atoms with Gasteiger partial charge in [-0.2, -0.15) is 0 Å². The van der Waals surface area contributed by atoms with E-state index < -0.39 is 28.7 Å². The molecule has 2 amide bonds. The summed E-state index contributed by atoms with van der Waals surface area (Å²) in [6.45, 7) is 9.82. The Morgan fingerprint density at radius 2 is 2.00 bits per heavy atom. The number of esters is 1. The normalized spacial score (nSPS) is 27.4. The molecule has 7 nitrogen and oxygen atoms in total. The molecule has 2 bridgehead atoms. The van der Waals surface area contributed by atoms with Gasteiger partial charge in [0.1, 0.15) is 6.04 Å². The van der Waals surface area contributed by atoms with Gasteiger partial charge in [-0.3, -0.25) is 14.4 Å². The van der Waals surface area contributed by atoms with Gasteiger partial charge in [0.25, 0.3) is 5.91 Å². The number of ether oxygens (including phenoxy) is 1. The van der Waals surface area contributed by atoms with Crippen molar-refractivity contribution < 1.29 is 24.2 Å². The van der Waals surface area contributed by atoms with Crippen LogP contribution in [0.4, 0.5) is 5.69 Å². The van der Waals surface area contributed by atoms with Crippen LogP contribution in [0.2, 0.25) is 0 Å². The number of aliphatic hydroxyl groups is 1. The lowest BCUT2D eigenvalue weighted by Gasteiger charge is -2.39. The highest BCUT2D eigenvalue weighted by Gasteiger charge is 2.74. The number of hydrogen-bond donors (Lipinski definition) is 1. The average Bonchev–Trinajstić information content (AvgIpc) is 3.62. The molecule has 3 aliphatic rings. The third kappa shape index (κ3) is 4.65. The number of anilines is 1. The Labute approximate surface area is 240 Å². The van der Waals surface area contributed by atoms with Crippen LogP contribution < -0.4 is 4.90 Å². The van der Waals surface area contributed by atoms with E-state index in [2.05, 4.69) is 13.2 Å². The Kier molecular flexibility index (Phi) is 8.38. The van der Waals surface area contributed by atoms with Crippen LogP contribution in [0.15, 0.2) is 67.8 Å². The first-order valence-electron chi connectivity index (χ1n) is 14.2. The molecule has 40 heavy (non-hydrogen) atoms. The van der Waals surface area contributed by atoms with Gasteiger partial charge in [0.05, 0.1) is 35.8 Å². The maximum absolute atomic E-state index is 14.7. The summed E-state index contributed by atoms with van der Waals surface area (Å²) in [5.41, 5.74) is 0.726. The van der Waals surface area contributed by atoms with Gasteiger partial charge in [0.2, 0.25) is 5.91 Å². The van der Waals surface area contributed by atoms with Crippen molar-refractivity contribution >= 4 is 46.0 Å². The summed E-state index contributed by atoms with van der Waals surface area (Å²) >= 11 is 1.61. The Morgan fingerprint density at radius 3 is 2.70 bits per heavy atom. The molecule has 0 aliphatic carbocycles. The van der Waals surface area contributed by atoms with Crippen LogP contribution in [0.5, 0.6) is 0 Å². The first-order valence-corrected chi connectivity index (χ1v) is 15.1. The summed E-state index contributed by atoms with van der Waals surface area (Å²) in [5.74, 6) is -2.03. The quantitative estimate of drug-likeness (QED) is 0.229. The largest absolute Gasteiger partial charge is 0.465 e. The first-order chi connectivity index (χ1) is 19.4. The van der Waals surface area contributed by atoms with Gasteiger partial charge in [-0.05, 0) is 55.0 Å². The molecule has 1 spiro atoms. The summed E-state index contributed by atoms with van der Waals surface area (Å²) in [4.78, 5) is 45.6. The number of unbranched alkanes of at least 4 members (excludes halogenated alkanes) is 1.